The van der Waals surface area contributed by atoms with Gasteiger partial charge >= 0.3 is 5.97 Å². The third-order valence-electron chi connectivity index (χ3n) is 4.37. The molecule has 0 N–H and O–H groups in total. The van der Waals surface area contributed by atoms with Crippen LogP contribution in [-0.4, -0.2) is 39.2 Å². The fraction of sp³-hybridized carbons (Fsp3) is 0.391. The lowest BCUT2D eigenvalue weighted by Gasteiger charge is -2.19. The second-order valence-corrected chi connectivity index (χ2v) is 7.52. The Hall–Kier alpha value is -3.02. The Kier molecular flexibility index (Phi) is 7.65. The normalized spacial score (nSPS) is 10.9. The molecule has 2 aromatic rings. The van der Waals surface area contributed by atoms with Crippen LogP contribution in [0.2, 0.25) is 0 Å². The van der Waals surface area contributed by atoms with Crippen LogP contribution in [0.3, 0.4) is 0 Å². The molecular weight excluding hydrogens is 372 g/mol. The van der Waals surface area contributed by atoms with Crippen molar-refractivity contribution in [2.45, 2.75) is 32.6 Å². The number of hydrogen-bond donors (Lipinski definition) is 0. The first-order chi connectivity index (χ1) is 13.7. The number of hydrogen-bond acceptors (Lipinski definition) is 6. The molecule has 156 valence electrons. The van der Waals surface area contributed by atoms with Gasteiger partial charge in [0.05, 0.1) is 32.8 Å². The highest BCUT2D eigenvalue weighted by molar-refractivity contribution is 6.00. The summed E-state index contributed by atoms with van der Waals surface area (Å²) in [5.74, 6) is 0.725. The fourth-order valence-corrected chi connectivity index (χ4v) is 2.63. The topological polar surface area (TPSA) is 71.1 Å². The second kappa shape index (κ2) is 9.96. The van der Waals surface area contributed by atoms with E-state index in [4.69, 9.17) is 18.9 Å². The van der Waals surface area contributed by atoms with Crippen LogP contribution in [0.15, 0.2) is 42.5 Å². The highest BCUT2D eigenvalue weighted by Gasteiger charge is 2.16. The number of esters is 1. The van der Waals surface area contributed by atoms with Gasteiger partial charge in [-0.1, -0.05) is 32.9 Å². The molecule has 0 radical (unpaired) electrons. The molecule has 0 aromatic heterocycles. The number of Topliss-reactive ketones (excluding diaryl/α,β-unsaturated/α-hetero) is 1. The molecule has 0 aliphatic heterocycles. The van der Waals surface area contributed by atoms with Gasteiger partial charge in [-0.3, -0.25) is 9.59 Å². The molecule has 6 nitrogen and oxygen atoms in total. The summed E-state index contributed by atoms with van der Waals surface area (Å²) in [6, 6.07) is 12.6. The Morgan fingerprint density at radius 1 is 0.897 bits per heavy atom. The van der Waals surface area contributed by atoms with Gasteiger partial charge < -0.3 is 18.9 Å². The van der Waals surface area contributed by atoms with Gasteiger partial charge in [0.25, 0.3) is 0 Å². The zero-order valence-electron chi connectivity index (χ0n) is 17.6. The molecule has 0 saturated heterocycles. The number of carbonyl (C=O) groups is 2. The van der Waals surface area contributed by atoms with E-state index in [9.17, 15) is 9.59 Å². The van der Waals surface area contributed by atoms with Crippen LogP contribution in [0.5, 0.6) is 17.2 Å². The first kappa shape index (κ1) is 22.3. The quantitative estimate of drug-likeness (QED) is 0.464. The molecule has 0 aliphatic rings. The predicted octanol–water partition coefficient (Wildman–Crippen LogP) is 4.20. The molecule has 0 spiro atoms. The van der Waals surface area contributed by atoms with E-state index in [1.807, 2.05) is 24.3 Å². The van der Waals surface area contributed by atoms with Crippen molar-refractivity contribution in [3.05, 3.63) is 53.6 Å². The molecule has 0 amide bonds. The lowest BCUT2D eigenvalue weighted by atomic mass is 9.87. The number of rotatable bonds is 9. The standard InChI is InChI=1S/C23H28O6/c1-23(2,3)16-6-8-17(9-7-16)28-13-12-22(25)29-15-20(24)19-14-18(26-4)10-11-21(19)27-5/h6-11,14H,12-13,15H2,1-5H3. The highest BCUT2D eigenvalue weighted by atomic mass is 16.5. The van der Waals surface area contributed by atoms with E-state index in [1.165, 1.54) is 19.8 Å². The van der Waals surface area contributed by atoms with Crippen molar-refractivity contribution in [3.8, 4) is 17.2 Å². The molecule has 0 bridgehead atoms. The van der Waals surface area contributed by atoms with Gasteiger partial charge in [-0.2, -0.15) is 0 Å². The van der Waals surface area contributed by atoms with E-state index < -0.39 is 5.97 Å². The van der Waals surface area contributed by atoms with Gasteiger partial charge in [-0.25, -0.2) is 0 Å². The Bertz CT molecular complexity index is 833. The Morgan fingerprint density at radius 3 is 2.14 bits per heavy atom. The number of benzene rings is 2. The van der Waals surface area contributed by atoms with Crippen molar-refractivity contribution in [1.29, 1.82) is 0 Å². The first-order valence-corrected chi connectivity index (χ1v) is 9.39. The van der Waals surface area contributed by atoms with E-state index in [-0.39, 0.29) is 30.8 Å². The Labute approximate surface area is 171 Å². The smallest absolute Gasteiger partial charge is 0.309 e. The molecule has 0 atom stereocenters. The minimum absolute atomic E-state index is 0.0452. The van der Waals surface area contributed by atoms with Gasteiger partial charge in [0, 0.05) is 0 Å². The Balaban J connectivity index is 1.81. The van der Waals surface area contributed by atoms with Gasteiger partial charge in [-0.05, 0) is 41.3 Å². The zero-order valence-corrected chi connectivity index (χ0v) is 17.6. The van der Waals surface area contributed by atoms with E-state index in [2.05, 4.69) is 20.8 Å². The maximum absolute atomic E-state index is 12.4. The number of carbonyl (C=O) groups excluding carboxylic acids is 2. The summed E-state index contributed by atoms with van der Waals surface area (Å²) in [7, 11) is 2.97. The van der Waals surface area contributed by atoms with Gasteiger partial charge in [0.15, 0.2) is 6.61 Å². The first-order valence-electron chi connectivity index (χ1n) is 9.39. The van der Waals surface area contributed by atoms with Crippen molar-refractivity contribution in [3.63, 3.8) is 0 Å². The van der Waals surface area contributed by atoms with Crippen molar-refractivity contribution in [1.82, 2.24) is 0 Å². The molecule has 2 aromatic carbocycles. The van der Waals surface area contributed by atoms with Gasteiger partial charge in [-0.15, -0.1) is 0 Å². The minimum Gasteiger partial charge on any atom is -0.497 e. The summed E-state index contributed by atoms with van der Waals surface area (Å²) >= 11 is 0. The van der Waals surface area contributed by atoms with Crippen molar-refractivity contribution in [2.24, 2.45) is 0 Å². The third kappa shape index (κ3) is 6.52. The molecule has 6 heteroatoms. The number of methoxy groups -OCH3 is 2. The largest absolute Gasteiger partial charge is 0.497 e. The van der Waals surface area contributed by atoms with Crippen LogP contribution in [0.4, 0.5) is 0 Å². The van der Waals surface area contributed by atoms with Crippen molar-refractivity contribution in [2.75, 3.05) is 27.4 Å². The van der Waals surface area contributed by atoms with Crippen LogP contribution in [0.1, 0.15) is 43.1 Å². The molecule has 0 unspecified atom stereocenters. The fourth-order valence-electron chi connectivity index (χ4n) is 2.63. The van der Waals surface area contributed by atoms with E-state index in [0.29, 0.717) is 22.8 Å². The van der Waals surface area contributed by atoms with Crippen LogP contribution in [0, 0.1) is 0 Å². The molecule has 29 heavy (non-hydrogen) atoms. The van der Waals surface area contributed by atoms with Crippen LogP contribution in [-0.2, 0) is 14.9 Å². The number of ether oxygens (including phenoxy) is 4. The maximum atomic E-state index is 12.4. The SMILES string of the molecule is COc1ccc(OC)c(C(=O)COC(=O)CCOc2ccc(C(C)(C)C)cc2)c1. The van der Waals surface area contributed by atoms with E-state index in [0.717, 1.165) is 0 Å². The molecular formula is C23H28O6. The van der Waals surface area contributed by atoms with Gasteiger partial charge in [0.2, 0.25) is 5.78 Å². The van der Waals surface area contributed by atoms with Crippen LogP contribution >= 0.6 is 0 Å². The average Bonchev–Trinajstić information content (AvgIpc) is 2.71. The van der Waals surface area contributed by atoms with E-state index in [1.54, 1.807) is 18.2 Å². The summed E-state index contributed by atoms with van der Waals surface area (Å²) < 4.78 is 20.9. The highest BCUT2D eigenvalue weighted by Crippen LogP contribution is 2.25. The monoisotopic (exact) mass is 400 g/mol. The summed E-state index contributed by atoms with van der Waals surface area (Å²) in [5.41, 5.74) is 1.57. The van der Waals surface area contributed by atoms with Crippen LogP contribution in [0.25, 0.3) is 0 Å². The van der Waals surface area contributed by atoms with E-state index >= 15 is 0 Å². The van der Waals surface area contributed by atoms with Crippen molar-refractivity contribution >= 4 is 11.8 Å². The molecule has 0 heterocycles. The Morgan fingerprint density at radius 2 is 1.55 bits per heavy atom. The number of ketones is 1. The lowest BCUT2D eigenvalue weighted by Crippen LogP contribution is -2.17. The summed E-state index contributed by atoms with van der Waals surface area (Å²) in [4.78, 5) is 24.3. The van der Waals surface area contributed by atoms with Crippen molar-refractivity contribution < 1.29 is 28.5 Å². The summed E-state index contributed by atoms with van der Waals surface area (Å²) in [5, 5.41) is 0. The second-order valence-electron chi connectivity index (χ2n) is 7.52. The molecule has 0 fully saturated rings. The maximum Gasteiger partial charge on any atom is 0.309 e. The third-order valence-corrected chi connectivity index (χ3v) is 4.37. The molecule has 0 aliphatic carbocycles. The average molecular weight is 400 g/mol. The molecule has 0 saturated carbocycles. The lowest BCUT2D eigenvalue weighted by molar-refractivity contribution is -0.143. The predicted molar refractivity (Wildman–Crippen MR) is 110 cm³/mol. The van der Waals surface area contributed by atoms with Crippen LogP contribution < -0.4 is 14.2 Å². The zero-order chi connectivity index (χ0) is 21.4. The van der Waals surface area contributed by atoms with Gasteiger partial charge in [0.1, 0.15) is 17.2 Å². The molecule has 2 rings (SSSR count). The summed E-state index contributed by atoms with van der Waals surface area (Å²) in [6.07, 6.45) is 0.0452. The minimum atomic E-state index is -0.508. The summed E-state index contributed by atoms with van der Waals surface area (Å²) in [6.45, 7) is 6.22.